The second kappa shape index (κ2) is 36.5. The van der Waals surface area contributed by atoms with E-state index in [-0.39, 0.29) is 89.2 Å². The number of ether oxygens (including phenoxy) is 2. The summed E-state index contributed by atoms with van der Waals surface area (Å²) in [4.78, 5) is 54.7. The SMILES string of the molecule is CC#CC#CC#CC#CC#CC#CC#CC(=O)OC[C@H](COP(=O)([O-])[O-])OC(=O)CCCCCCCCCC.CC(=O)S.[HH].[HH].[HH].[HH].[HH].[HH].[HH].[HH].[HH].[HH].[HH].[HH].[HH].[Na+].[Na+]. The number of unbranched alkanes of at least 4 members (excludes halogenated alkanes) is 7. The summed E-state index contributed by atoms with van der Waals surface area (Å²) in [7, 11) is -5.31. The largest absolute Gasteiger partial charge is 1.00 e. The van der Waals surface area contributed by atoms with Gasteiger partial charge in [-0.05, 0) is 84.4 Å². The third-order valence-electron chi connectivity index (χ3n) is 4.33. The fourth-order valence-electron chi connectivity index (χ4n) is 2.60. The molecule has 0 aliphatic carbocycles. The smallest absolute Gasteiger partial charge is 0.790 e. The quantitative estimate of drug-likeness (QED) is 0.0458. The van der Waals surface area contributed by atoms with Crippen molar-refractivity contribution in [2.24, 2.45) is 0 Å². The molecule has 0 bridgehead atoms. The van der Waals surface area contributed by atoms with Crippen molar-refractivity contribution in [3.8, 4) is 82.9 Å². The number of esters is 2. The van der Waals surface area contributed by atoms with E-state index in [2.05, 4.69) is 107 Å². The maximum atomic E-state index is 12.1. The monoisotopic (exact) mass is 696 g/mol. The van der Waals surface area contributed by atoms with E-state index in [0.717, 1.165) is 25.7 Å². The molecule has 9 nitrogen and oxygen atoms in total. The van der Waals surface area contributed by atoms with Crippen LogP contribution in [0.2, 0.25) is 0 Å². The summed E-state index contributed by atoms with van der Waals surface area (Å²) in [5.74, 6) is 32.0. The first kappa shape index (κ1) is 49.9. The first-order valence-electron chi connectivity index (χ1n) is 13.2. The Kier molecular flexibility index (Phi) is 40.4. The van der Waals surface area contributed by atoms with Gasteiger partial charge < -0.3 is 28.3 Å². The van der Waals surface area contributed by atoms with Crippen LogP contribution in [0.3, 0.4) is 0 Å². The van der Waals surface area contributed by atoms with Crippen LogP contribution in [0.4, 0.5) is 0 Å². The predicted octanol–water partition coefficient (Wildman–Crippen LogP) is -0.470. The van der Waals surface area contributed by atoms with Gasteiger partial charge in [0.2, 0.25) is 0 Å². The van der Waals surface area contributed by atoms with Crippen LogP contribution in [0, 0.1) is 82.9 Å². The molecule has 0 rings (SSSR count). The summed E-state index contributed by atoms with van der Waals surface area (Å²) >= 11 is 3.33. The second-order valence-electron chi connectivity index (χ2n) is 8.07. The van der Waals surface area contributed by atoms with Crippen LogP contribution >= 0.6 is 20.5 Å². The average Bonchev–Trinajstić information content (AvgIpc) is 2.93. The second-order valence-corrected chi connectivity index (χ2v) is 9.85. The van der Waals surface area contributed by atoms with E-state index >= 15 is 0 Å². The molecule has 1 atom stereocenters. The van der Waals surface area contributed by atoms with E-state index < -0.39 is 39.1 Å². The Hall–Kier alpha value is -2.01. The Morgan fingerprint density at radius 2 is 1.18 bits per heavy atom. The zero-order chi connectivity index (χ0) is 32.6. The maximum Gasteiger partial charge on any atom is 1.00 e. The molecule has 0 fully saturated rings. The number of phosphoric acid groups is 1. The Labute approximate surface area is 336 Å². The van der Waals surface area contributed by atoms with Gasteiger partial charge >= 0.3 is 71.1 Å². The van der Waals surface area contributed by atoms with Gasteiger partial charge in [-0.1, -0.05) is 57.8 Å². The summed E-state index contributed by atoms with van der Waals surface area (Å²) < 4.78 is 24.9. The number of thiol groups is 1. The molecular weight excluding hydrogens is 637 g/mol. The van der Waals surface area contributed by atoms with E-state index in [1.807, 2.05) is 0 Å². The average molecular weight is 697 g/mol. The molecule has 0 aromatic heterocycles. The van der Waals surface area contributed by atoms with Crippen molar-refractivity contribution in [1.82, 2.24) is 0 Å². The number of hydrogen-bond acceptors (Lipinski definition) is 9. The Bertz CT molecular complexity index is 1430. The summed E-state index contributed by atoms with van der Waals surface area (Å²) in [5.41, 5.74) is 0. The molecule has 254 valence electrons. The van der Waals surface area contributed by atoms with Crippen molar-refractivity contribution in [3.05, 3.63) is 0 Å². The number of rotatable bonds is 15. The van der Waals surface area contributed by atoms with Crippen LogP contribution in [0.25, 0.3) is 0 Å². The molecule has 0 aliphatic rings. The van der Waals surface area contributed by atoms with Gasteiger partial charge in [0.05, 0.1) is 14.4 Å². The van der Waals surface area contributed by atoms with Gasteiger partial charge in [-0.25, -0.2) is 4.79 Å². The van der Waals surface area contributed by atoms with Gasteiger partial charge in [0.15, 0.2) is 11.2 Å². The summed E-state index contributed by atoms with van der Waals surface area (Å²) in [6.07, 6.45) is 7.09. The van der Waals surface area contributed by atoms with Crippen molar-refractivity contribution in [2.45, 2.75) is 84.7 Å². The first-order valence-corrected chi connectivity index (χ1v) is 15.1. The molecule has 0 heterocycles. The van der Waals surface area contributed by atoms with Crippen molar-refractivity contribution in [2.75, 3.05) is 13.2 Å². The number of carbonyl (C=O) groups is 3. The standard InChI is InChI=1S/C30H31O8P.C2H4OS.2Na.13H2/c1-3-5-7-9-11-13-14-15-16-17-19-20-22-24-29(31)36-26-28(27-37-39(33,34)35)38-30(32)25-23-21-18-12-10-8-6-4-2;1-2(3)4;;;;;;;;;;;;;;;/h28H,4,6,8,10,12,18,21,23,25-27H2,1-2H3,(H2,33,34,35);1H3,(H,3,4);;;13*1H/q;;2*+1;;;;;;;;;;;;;/p-2/t28-;;;;;;;;;;;;;;;;/m1................/s1. The maximum absolute atomic E-state index is 12.1. The minimum absolute atomic E-state index is 0. The molecule has 0 aliphatic heterocycles. The van der Waals surface area contributed by atoms with E-state index in [1.165, 1.54) is 26.2 Å². The van der Waals surface area contributed by atoms with Gasteiger partial charge in [0, 0.05) is 37.8 Å². The van der Waals surface area contributed by atoms with Crippen molar-refractivity contribution < 1.29 is 120 Å². The van der Waals surface area contributed by atoms with Gasteiger partial charge in [0.1, 0.15) is 6.61 Å². The van der Waals surface area contributed by atoms with E-state index in [0.29, 0.717) is 6.42 Å². The van der Waals surface area contributed by atoms with E-state index in [1.54, 1.807) is 6.92 Å². The molecule has 13 heteroatoms. The molecule has 0 N–H and O–H groups in total. The summed E-state index contributed by atoms with van der Waals surface area (Å²) in [6.45, 7) is 3.86. The molecule has 0 spiro atoms. The fourth-order valence-corrected chi connectivity index (χ4v) is 2.95. The molecule has 0 radical (unpaired) electrons. The molecule has 0 aromatic rings. The Balaban J connectivity index is -0.0000000562. The van der Waals surface area contributed by atoms with Crippen LogP contribution < -0.4 is 68.9 Å². The van der Waals surface area contributed by atoms with Gasteiger partial charge in [-0.15, -0.1) is 12.6 Å². The molecule has 0 saturated carbocycles. The molecule has 0 saturated heterocycles. The number of carbonyl (C=O) groups excluding carboxylic acids is 3. The predicted molar refractivity (Wildman–Crippen MR) is 189 cm³/mol. The van der Waals surface area contributed by atoms with Crippen molar-refractivity contribution in [1.29, 1.82) is 0 Å². The molecule has 45 heavy (non-hydrogen) atoms. The van der Waals surface area contributed by atoms with E-state index in [4.69, 9.17) is 9.47 Å². The zero-order valence-electron chi connectivity index (χ0n) is 26.4. The molecular formula is C32H59Na2O9PS. The number of hydrogen-bond donors (Lipinski definition) is 1. The van der Waals surface area contributed by atoms with Crippen LogP contribution in [-0.2, 0) is 32.9 Å². The van der Waals surface area contributed by atoms with Crippen LogP contribution in [-0.4, -0.2) is 36.4 Å². The van der Waals surface area contributed by atoms with Crippen molar-refractivity contribution in [3.63, 3.8) is 0 Å². The minimum atomic E-state index is -5.31. The van der Waals surface area contributed by atoms with E-state index in [9.17, 15) is 28.7 Å². The van der Waals surface area contributed by atoms with Crippen LogP contribution in [0.15, 0.2) is 0 Å². The first-order chi connectivity index (χ1) is 20.5. The third-order valence-corrected chi connectivity index (χ3v) is 4.79. The van der Waals surface area contributed by atoms with Gasteiger partial charge in [-0.3, -0.25) is 9.59 Å². The summed E-state index contributed by atoms with van der Waals surface area (Å²) in [5, 5.41) is -0.139. The van der Waals surface area contributed by atoms with Gasteiger partial charge in [-0.2, -0.15) is 0 Å². The van der Waals surface area contributed by atoms with Crippen LogP contribution in [0.1, 0.15) is 97.1 Å². The third kappa shape index (κ3) is 46.5. The van der Waals surface area contributed by atoms with Crippen molar-refractivity contribution >= 4 is 37.5 Å². The topological polar surface area (TPSA) is 142 Å². The van der Waals surface area contributed by atoms with Gasteiger partial charge in [0.25, 0.3) is 0 Å². The zero-order valence-corrected chi connectivity index (χ0v) is 32.2. The minimum Gasteiger partial charge on any atom is -0.790 e. The fraction of sp³-hybridized carbons (Fsp3) is 0.469. The summed E-state index contributed by atoms with van der Waals surface area (Å²) in [6, 6.07) is 0. The Morgan fingerprint density at radius 1 is 0.756 bits per heavy atom. The molecule has 0 aromatic carbocycles. The Morgan fingerprint density at radius 3 is 1.62 bits per heavy atom. The molecule has 0 unspecified atom stereocenters. The molecule has 0 amide bonds. The normalized spacial score (nSPS) is 8.84. The number of phosphoric ester groups is 1. The van der Waals surface area contributed by atoms with Crippen LogP contribution in [0.5, 0.6) is 0 Å².